The fraction of sp³-hybridized carbons (Fsp3) is 0.312. The number of hydrogen-bond donors (Lipinski definition) is 1. The van der Waals surface area contributed by atoms with E-state index < -0.39 is 0 Å². The van der Waals surface area contributed by atoms with Crippen LogP contribution in [0.15, 0.2) is 36.4 Å². The van der Waals surface area contributed by atoms with Gasteiger partial charge in [-0.05, 0) is 48.9 Å². The van der Waals surface area contributed by atoms with Crippen molar-refractivity contribution < 1.29 is 0 Å². The number of aromatic nitrogens is 1. The summed E-state index contributed by atoms with van der Waals surface area (Å²) in [6, 6.07) is 12.8. The van der Waals surface area contributed by atoms with Crippen LogP contribution in [0, 0.1) is 6.92 Å². The number of rotatable bonds is 2. The third-order valence-corrected chi connectivity index (χ3v) is 3.91. The van der Waals surface area contributed by atoms with E-state index in [1.54, 1.807) is 0 Å². The summed E-state index contributed by atoms with van der Waals surface area (Å²) in [6.07, 6.45) is 4.08. The van der Waals surface area contributed by atoms with E-state index in [9.17, 15) is 0 Å². The molecule has 1 saturated carbocycles. The summed E-state index contributed by atoms with van der Waals surface area (Å²) < 4.78 is 0. The predicted octanol–water partition coefficient (Wildman–Crippen LogP) is 3.91. The lowest BCUT2D eigenvalue weighted by molar-refractivity contribution is 0.420. The standard InChI is InChI=1S/C16H18N2/c1-11-15(9-10-16(17)18-11)14-7-5-13(6-8-14)12-3-2-4-12/h5-10,12H,2-4H2,1H3,(H2,17,18). The highest BCUT2D eigenvalue weighted by molar-refractivity contribution is 5.67. The Morgan fingerprint density at radius 2 is 1.78 bits per heavy atom. The molecule has 1 aromatic carbocycles. The van der Waals surface area contributed by atoms with Gasteiger partial charge in [-0.25, -0.2) is 4.98 Å². The van der Waals surface area contributed by atoms with E-state index in [1.165, 1.54) is 36.0 Å². The molecule has 0 aliphatic heterocycles. The van der Waals surface area contributed by atoms with Gasteiger partial charge in [-0.15, -0.1) is 0 Å². The average Bonchev–Trinajstić information content (AvgIpc) is 2.28. The fourth-order valence-electron chi connectivity index (χ4n) is 2.56. The van der Waals surface area contributed by atoms with E-state index in [1.807, 2.05) is 13.0 Å². The first kappa shape index (κ1) is 11.3. The Morgan fingerprint density at radius 1 is 1.06 bits per heavy atom. The molecule has 2 heteroatoms. The molecule has 3 rings (SSSR count). The van der Waals surface area contributed by atoms with Crippen molar-refractivity contribution in [3.8, 4) is 11.1 Å². The molecule has 1 fully saturated rings. The van der Waals surface area contributed by atoms with Crippen LogP contribution in [0.5, 0.6) is 0 Å². The summed E-state index contributed by atoms with van der Waals surface area (Å²) in [7, 11) is 0. The summed E-state index contributed by atoms with van der Waals surface area (Å²) in [6.45, 7) is 2.01. The maximum Gasteiger partial charge on any atom is 0.123 e. The molecule has 1 aliphatic rings. The molecular formula is C16H18N2. The second-order valence-electron chi connectivity index (χ2n) is 5.12. The molecule has 2 nitrogen and oxygen atoms in total. The molecule has 2 N–H and O–H groups in total. The first-order valence-electron chi connectivity index (χ1n) is 6.57. The molecule has 0 atom stereocenters. The maximum atomic E-state index is 5.68. The third kappa shape index (κ3) is 1.99. The Kier molecular flexibility index (Phi) is 2.78. The number of nitrogen functional groups attached to an aromatic ring is 1. The van der Waals surface area contributed by atoms with Gasteiger partial charge in [-0.2, -0.15) is 0 Å². The smallest absolute Gasteiger partial charge is 0.123 e. The third-order valence-electron chi connectivity index (χ3n) is 3.91. The minimum absolute atomic E-state index is 0.585. The highest BCUT2D eigenvalue weighted by Gasteiger charge is 2.19. The van der Waals surface area contributed by atoms with Crippen LogP contribution >= 0.6 is 0 Å². The molecule has 0 unspecified atom stereocenters. The average molecular weight is 238 g/mol. The minimum Gasteiger partial charge on any atom is -0.384 e. The lowest BCUT2D eigenvalue weighted by atomic mass is 9.80. The molecule has 0 spiro atoms. The van der Waals surface area contributed by atoms with Crippen LogP contribution in [0.2, 0.25) is 0 Å². The van der Waals surface area contributed by atoms with E-state index in [0.29, 0.717) is 5.82 Å². The summed E-state index contributed by atoms with van der Waals surface area (Å²) in [5.74, 6) is 1.38. The van der Waals surface area contributed by atoms with Gasteiger partial charge >= 0.3 is 0 Å². The summed E-state index contributed by atoms with van der Waals surface area (Å²) >= 11 is 0. The number of pyridine rings is 1. The van der Waals surface area contributed by atoms with Crippen molar-refractivity contribution in [1.82, 2.24) is 4.98 Å². The Hall–Kier alpha value is -1.83. The number of hydrogen-bond acceptors (Lipinski definition) is 2. The first-order valence-corrected chi connectivity index (χ1v) is 6.57. The topological polar surface area (TPSA) is 38.9 Å². The molecule has 18 heavy (non-hydrogen) atoms. The number of nitrogens with two attached hydrogens (primary N) is 1. The van der Waals surface area contributed by atoms with E-state index in [2.05, 4.69) is 35.3 Å². The second-order valence-corrected chi connectivity index (χ2v) is 5.12. The van der Waals surface area contributed by atoms with Gasteiger partial charge in [0.15, 0.2) is 0 Å². The zero-order chi connectivity index (χ0) is 12.5. The molecule has 1 aromatic heterocycles. The van der Waals surface area contributed by atoms with E-state index >= 15 is 0 Å². The Labute approximate surface area is 108 Å². The Morgan fingerprint density at radius 3 is 2.33 bits per heavy atom. The molecule has 2 aromatic rings. The fourth-order valence-corrected chi connectivity index (χ4v) is 2.56. The van der Waals surface area contributed by atoms with Crippen LogP contribution in [-0.2, 0) is 0 Å². The van der Waals surface area contributed by atoms with Gasteiger partial charge in [0.05, 0.1) is 0 Å². The zero-order valence-electron chi connectivity index (χ0n) is 10.7. The van der Waals surface area contributed by atoms with Crippen LogP contribution in [-0.4, -0.2) is 4.98 Å². The highest BCUT2D eigenvalue weighted by Crippen LogP contribution is 2.37. The SMILES string of the molecule is Cc1nc(N)ccc1-c1ccc(C2CCC2)cc1. The van der Waals surface area contributed by atoms with Crippen LogP contribution < -0.4 is 5.73 Å². The zero-order valence-corrected chi connectivity index (χ0v) is 10.7. The molecular weight excluding hydrogens is 220 g/mol. The second kappa shape index (κ2) is 4.45. The van der Waals surface area contributed by atoms with Crippen molar-refractivity contribution in [2.75, 3.05) is 5.73 Å². The number of benzene rings is 1. The molecule has 0 bridgehead atoms. The van der Waals surface area contributed by atoms with Crippen molar-refractivity contribution in [3.05, 3.63) is 47.7 Å². The van der Waals surface area contributed by atoms with Gasteiger partial charge < -0.3 is 5.73 Å². The van der Waals surface area contributed by atoms with Crippen LogP contribution in [0.1, 0.15) is 36.4 Å². The van der Waals surface area contributed by atoms with Gasteiger partial charge in [0.1, 0.15) is 5.82 Å². The van der Waals surface area contributed by atoms with Crippen molar-refractivity contribution in [1.29, 1.82) is 0 Å². The van der Waals surface area contributed by atoms with Crippen LogP contribution in [0.25, 0.3) is 11.1 Å². The lowest BCUT2D eigenvalue weighted by Gasteiger charge is -2.25. The van der Waals surface area contributed by atoms with Gasteiger partial charge in [0.25, 0.3) is 0 Å². The van der Waals surface area contributed by atoms with Crippen molar-refractivity contribution in [2.45, 2.75) is 32.1 Å². The normalized spacial score (nSPS) is 15.4. The summed E-state index contributed by atoms with van der Waals surface area (Å²) in [5.41, 5.74) is 10.5. The van der Waals surface area contributed by atoms with Gasteiger partial charge in [-0.3, -0.25) is 0 Å². The minimum atomic E-state index is 0.585. The van der Waals surface area contributed by atoms with E-state index in [4.69, 9.17) is 5.73 Å². The molecule has 0 amide bonds. The van der Waals surface area contributed by atoms with E-state index in [-0.39, 0.29) is 0 Å². The number of nitrogens with zero attached hydrogens (tertiary/aromatic N) is 1. The van der Waals surface area contributed by atoms with Gasteiger partial charge in [0, 0.05) is 11.3 Å². The molecule has 0 saturated heterocycles. The largest absolute Gasteiger partial charge is 0.384 e. The predicted molar refractivity (Wildman–Crippen MR) is 75.4 cm³/mol. The monoisotopic (exact) mass is 238 g/mol. The Balaban J connectivity index is 1.91. The number of aryl methyl sites for hydroxylation is 1. The van der Waals surface area contributed by atoms with Gasteiger partial charge in [-0.1, -0.05) is 30.7 Å². The lowest BCUT2D eigenvalue weighted by Crippen LogP contribution is -2.08. The molecule has 0 radical (unpaired) electrons. The summed E-state index contributed by atoms with van der Waals surface area (Å²) in [4.78, 5) is 4.31. The number of anilines is 1. The van der Waals surface area contributed by atoms with Crippen LogP contribution in [0.3, 0.4) is 0 Å². The first-order chi connectivity index (χ1) is 8.74. The van der Waals surface area contributed by atoms with Gasteiger partial charge in [0.2, 0.25) is 0 Å². The summed E-state index contributed by atoms with van der Waals surface area (Å²) in [5, 5.41) is 0. The van der Waals surface area contributed by atoms with Crippen LogP contribution in [0.4, 0.5) is 5.82 Å². The van der Waals surface area contributed by atoms with Crippen molar-refractivity contribution in [2.24, 2.45) is 0 Å². The van der Waals surface area contributed by atoms with Crippen molar-refractivity contribution in [3.63, 3.8) is 0 Å². The van der Waals surface area contributed by atoms with E-state index in [0.717, 1.165) is 11.6 Å². The molecule has 1 aliphatic carbocycles. The Bertz CT molecular complexity index is 554. The molecule has 1 heterocycles. The quantitative estimate of drug-likeness (QED) is 0.861. The molecule has 92 valence electrons. The highest BCUT2D eigenvalue weighted by atomic mass is 14.8. The maximum absolute atomic E-state index is 5.68. The van der Waals surface area contributed by atoms with Crippen molar-refractivity contribution >= 4 is 5.82 Å².